The predicted molar refractivity (Wildman–Crippen MR) is 85.2 cm³/mol. The van der Waals surface area contributed by atoms with Crippen LogP contribution in [0.4, 0.5) is 0 Å². The highest BCUT2D eigenvalue weighted by Crippen LogP contribution is 2.15. The molecular formula is C16H19NO2Si. The lowest BCUT2D eigenvalue weighted by atomic mass is 10.2. The zero-order valence-electron chi connectivity index (χ0n) is 12.0. The normalized spacial score (nSPS) is 12.8. The van der Waals surface area contributed by atoms with Gasteiger partial charge in [-0.3, -0.25) is 0 Å². The molecule has 0 aliphatic rings. The number of nitrogens with zero attached hydrogens (tertiary/aromatic N) is 1. The summed E-state index contributed by atoms with van der Waals surface area (Å²) < 4.78 is 11.0. The van der Waals surface area contributed by atoms with E-state index in [9.17, 15) is 0 Å². The third-order valence-electron chi connectivity index (χ3n) is 2.38. The average Bonchev–Trinajstić information content (AvgIpc) is 2.88. The third-order valence-corrected chi connectivity index (χ3v) is 3.21. The standard InChI is InChI=1S/C16H19NO2Si/c1-20(2,3)19-16(11-14-7-5-4-6-8-14)17-12-15-9-10-18-13-15/h4-13H,1-3H3/b16-11-,17-12+. The zero-order valence-corrected chi connectivity index (χ0v) is 13.0. The van der Waals surface area contributed by atoms with Crippen LogP contribution in [-0.2, 0) is 4.43 Å². The van der Waals surface area contributed by atoms with E-state index in [0.29, 0.717) is 5.88 Å². The van der Waals surface area contributed by atoms with Crippen molar-refractivity contribution >= 4 is 20.6 Å². The van der Waals surface area contributed by atoms with Crippen LogP contribution in [0.2, 0.25) is 19.6 Å². The Morgan fingerprint density at radius 2 is 1.85 bits per heavy atom. The lowest BCUT2D eigenvalue weighted by Gasteiger charge is -2.19. The maximum absolute atomic E-state index is 6.01. The van der Waals surface area contributed by atoms with Crippen molar-refractivity contribution in [1.29, 1.82) is 0 Å². The lowest BCUT2D eigenvalue weighted by molar-refractivity contribution is 0.423. The molecule has 0 fully saturated rings. The van der Waals surface area contributed by atoms with Crippen LogP contribution < -0.4 is 0 Å². The molecule has 2 rings (SSSR count). The van der Waals surface area contributed by atoms with Crippen molar-refractivity contribution in [2.75, 3.05) is 0 Å². The smallest absolute Gasteiger partial charge is 0.244 e. The van der Waals surface area contributed by atoms with Gasteiger partial charge in [0.15, 0.2) is 5.88 Å². The second-order valence-corrected chi connectivity index (χ2v) is 9.85. The molecule has 1 heterocycles. The van der Waals surface area contributed by atoms with Crippen LogP contribution in [0.5, 0.6) is 0 Å². The van der Waals surface area contributed by atoms with Crippen LogP contribution in [0.15, 0.2) is 64.2 Å². The van der Waals surface area contributed by atoms with Crippen LogP contribution in [0.1, 0.15) is 11.1 Å². The first-order valence-electron chi connectivity index (χ1n) is 6.55. The number of hydrogen-bond acceptors (Lipinski definition) is 3. The van der Waals surface area contributed by atoms with E-state index in [4.69, 9.17) is 8.84 Å². The summed E-state index contributed by atoms with van der Waals surface area (Å²) in [4.78, 5) is 4.44. The number of hydrogen-bond donors (Lipinski definition) is 0. The molecule has 1 aromatic heterocycles. The monoisotopic (exact) mass is 285 g/mol. The van der Waals surface area contributed by atoms with Crippen LogP contribution >= 0.6 is 0 Å². The molecule has 0 N–H and O–H groups in total. The fourth-order valence-corrected chi connectivity index (χ4v) is 2.32. The third kappa shape index (κ3) is 4.89. The molecule has 0 unspecified atom stereocenters. The van der Waals surface area contributed by atoms with Crippen molar-refractivity contribution in [2.45, 2.75) is 19.6 Å². The summed E-state index contributed by atoms with van der Waals surface area (Å²) in [7, 11) is -1.70. The molecule has 0 aliphatic carbocycles. The molecule has 0 spiro atoms. The van der Waals surface area contributed by atoms with Gasteiger partial charge in [0.25, 0.3) is 0 Å². The number of rotatable bonds is 5. The van der Waals surface area contributed by atoms with Gasteiger partial charge < -0.3 is 8.84 Å². The van der Waals surface area contributed by atoms with Gasteiger partial charge in [0, 0.05) is 17.9 Å². The second-order valence-electron chi connectivity index (χ2n) is 5.42. The van der Waals surface area contributed by atoms with E-state index in [1.54, 1.807) is 18.7 Å². The minimum atomic E-state index is -1.70. The van der Waals surface area contributed by atoms with E-state index in [2.05, 4.69) is 24.6 Å². The van der Waals surface area contributed by atoms with E-state index in [1.165, 1.54) is 0 Å². The van der Waals surface area contributed by atoms with E-state index in [0.717, 1.165) is 11.1 Å². The Morgan fingerprint density at radius 3 is 2.45 bits per heavy atom. The van der Waals surface area contributed by atoms with Gasteiger partial charge in [0.05, 0.1) is 12.5 Å². The van der Waals surface area contributed by atoms with Crippen molar-refractivity contribution in [3.05, 3.63) is 65.9 Å². The Bertz CT molecular complexity index is 581. The number of furan rings is 1. The quantitative estimate of drug-likeness (QED) is 0.459. The maximum Gasteiger partial charge on any atom is 0.244 e. The molecular weight excluding hydrogens is 266 g/mol. The minimum absolute atomic E-state index is 0.636. The SMILES string of the molecule is C[Si](C)(C)OC(=C\c1ccccc1)/N=C/c1ccoc1. The van der Waals surface area contributed by atoms with Gasteiger partial charge in [-0.25, -0.2) is 4.99 Å². The van der Waals surface area contributed by atoms with Crippen molar-refractivity contribution in [3.63, 3.8) is 0 Å². The predicted octanol–water partition coefficient (Wildman–Crippen LogP) is 4.55. The van der Waals surface area contributed by atoms with Gasteiger partial charge in [0.1, 0.15) is 0 Å². The van der Waals surface area contributed by atoms with Crippen LogP contribution in [0.3, 0.4) is 0 Å². The first kappa shape index (κ1) is 14.3. The molecule has 20 heavy (non-hydrogen) atoms. The molecule has 3 nitrogen and oxygen atoms in total. The Hall–Kier alpha value is -2.07. The lowest BCUT2D eigenvalue weighted by Crippen LogP contribution is -2.24. The number of benzene rings is 1. The molecule has 0 atom stereocenters. The summed E-state index contributed by atoms with van der Waals surface area (Å²) in [6, 6.07) is 11.9. The molecule has 0 saturated heterocycles. The van der Waals surface area contributed by atoms with Crippen LogP contribution in [0.25, 0.3) is 6.08 Å². The molecule has 0 saturated carbocycles. The van der Waals surface area contributed by atoms with E-state index in [1.807, 2.05) is 42.5 Å². The molecule has 0 aliphatic heterocycles. The van der Waals surface area contributed by atoms with Crippen LogP contribution in [0, 0.1) is 0 Å². The Morgan fingerprint density at radius 1 is 1.10 bits per heavy atom. The number of aliphatic imine (C=N–C) groups is 1. The summed E-state index contributed by atoms with van der Waals surface area (Å²) >= 11 is 0. The molecule has 1 aromatic carbocycles. The van der Waals surface area contributed by atoms with Crippen molar-refractivity contribution in [2.24, 2.45) is 4.99 Å². The molecule has 0 amide bonds. The fraction of sp³-hybridized carbons (Fsp3) is 0.188. The highest BCUT2D eigenvalue weighted by Gasteiger charge is 2.17. The Kier molecular flexibility index (Phi) is 4.58. The molecule has 4 heteroatoms. The topological polar surface area (TPSA) is 34.7 Å². The largest absolute Gasteiger partial charge is 0.531 e. The van der Waals surface area contributed by atoms with Gasteiger partial charge in [-0.1, -0.05) is 30.3 Å². The highest BCUT2D eigenvalue weighted by molar-refractivity contribution is 6.70. The minimum Gasteiger partial charge on any atom is -0.531 e. The van der Waals surface area contributed by atoms with Gasteiger partial charge in [-0.2, -0.15) is 0 Å². The van der Waals surface area contributed by atoms with Crippen molar-refractivity contribution in [1.82, 2.24) is 0 Å². The fourth-order valence-electron chi connectivity index (χ4n) is 1.59. The van der Waals surface area contributed by atoms with Crippen molar-refractivity contribution in [3.8, 4) is 0 Å². The summed E-state index contributed by atoms with van der Waals surface area (Å²) in [6.07, 6.45) is 6.98. The first-order valence-corrected chi connectivity index (χ1v) is 9.96. The van der Waals surface area contributed by atoms with Gasteiger partial charge in [0.2, 0.25) is 8.32 Å². The summed E-state index contributed by atoms with van der Waals surface area (Å²) in [5, 5.41) is 0. The summed E-state index contributed by atoms with van der Waals surface area (Å²) in [5.41, 5.74) is 1.99. The molecule has 0 bridgehead atoms. The molecule has 104 valence electrons. The van der Waals surface area contributed by atoms with E-state index >= 15 is 0 Å². The summed E-state index contributed by atoms with van der Waals surface area (Å²) in [6.45, 7) is 6.41. The Balaban J connectivity index is 2.23. The van der Waals surface area contributed by atoms with Gasteiger partial charge in [-0.15, -0.1) is 0 Å². The first-order chi connectivity index (χ1) is 9.53. The molecule has 2 aromatic rings. The molecule has 0 radical (unpaired) electrons. The summed E-state index contributed by atoms with van der Waals surface area (Å²) in [5.74, 6) is 0.636. The zero-order chi connectivity index (χ0) is 14.4. The highest BCUT2D eigenvalue weighted by atomic mass is 28.4. The van der Waals surface area contributed by atoms with Crippen LogP contribution in [-0.4, -0.2) is 14.5 Å². The Labute approximate surface area is 120 Å². The van der Waals surface area contributed by atoms with E-state index < -0.39 is 8.32 Å². The average molecular weight is 285 g/mol. The van der Waals surface area contributed by atoms with E-state index in [-0.39, 0.29) is 0 Å². The van der Waals surface area contributed by atoms with Gasteiger partial charge >= 0.3 is 0 Å². The van der Waals surface area contributed by atoms with Gasteiger partial charge in [-0.05, 0) is 31.3 Å². The second kappa shape index (κ2) is 6.39. The van der Waals surface area contributed by atoms with Crippen molar-refractivity contribution < 1.29 is 8.84 Å². The maximum atomic E-state index is 6.01.